The number of aromatic nitrogens is 1. The summed E-state index contributed by atoms with van der Waals surface area (Å²) in [5.41, 5.74) is 1.44. The van der Waals surface area contributed by atoms with Gasteiger partial charge in [-0.05, 0) is 48.0 Å². The first-order valence-corrected chi connectivity index (χ1v) is 8.19. The molecule has 27 heavy (non-hydrogen) atoms. The number of ether oxygens (including phenoxy) is 2. The topological polar surface area (TPSA) is 72.5 Å². The lowest BCUT2D eigenvalue weighted by Crippen LogP contribution is -2.28. The molecule has 0 saturated heterocycles. The molecule has 0 atom stereocenters. The number of carbonyl (C=O) groups excluding carboxylic acids is 1. The third-order valence-corrected chi connectivity index (χ3v) is 3.62. The minimum atomic E-state index is -0.355. The van der Waals surface area contributed by atoms with Crippen LogP contribution in [0.2, 0.25) is 0 Å². The van der Waals surface area contributed by atoms with Gasteiger partial charge in [0.05, 0.1) is 19.0 Å². The third kappa shape index (κ3) is 5.43. The van der Waals surface area contributed by atoms with Crippen LogP contribution in [0.1, 0.15) is 5.56 Å². The smallest absolute Gasteiger partial charge is 0.319 e. The van der Waals surface area contributed by atoms with Crippen molar-refractivity contribution in [1.29, 1.82) is 0 Å². The minimum Gasteiger partial charge on any atom is -0.497 e. The molecule has 0 aliphatic carbocycles. The predicted molar refractivity (Wildman–Crippen MR) is 99.6 cm³/mol. The predicted octanol–water partition coefficient (Wildman–Crippen LogP) is 4.34. The number of nitrogens with one attached hydrogen (secondary N) is 2. The van der Waals surface area contributed by atoms with Crippen molar-refractivity contribution < 1.29 is 18.7 Å². The van der Waals surface area contributed by atoms with Gasteiger partial charge in [0.25, 0.3) is 0 Å². The molecule has 2 amide bonds. The molecule has 1 heterocycles. The van der Waals surface area contributed by atoms with Crippen LogP contribution < -0.4 is 20.1 Å². The van der Waals surface area contributed by atoms with E-state index in [9.17, 15) is 9.18 Å². The van der Waals surface area contributed by atoms with Gasteiger partial charge in [-0.3, -0.25) is 0 Å². The molecule has 0 aliphatic rings. The Morgan fingerprint density at radius 3 is 2.59 bits per heavy atom. The highest BCUT2D eigenvalue weighted by Gasteiger charge is 2.04. The van der Waals surface area contributed by atoms with Gasteiger partial charge < -0.3 is 20.1 Å². The van der Waals surface area contributed by atoms with Gasteiger partial charge in [-0.25, -0.2) is 14.2 Å². The number of anilines is 1. The van der Waals surface area contributed by atoms with E-state index in [1.165, 1.54) is 30.5 Å². The number of methoxy groups -OCH3 is 1. The highest BCUT2D eigenvalue weighted by Crippen LogP contribution is 2.20. The summed E-state index contributed by atoms with van der Waals surface area (Å²) in [6.07, 6.45) is 1.48. The zero-order valence-corrected chi connectivity index (χ0v) is 14.6. The Bertz CT molecular complexity index is 899. The minimum absolute atomic E-state index is 0.337. The first-order valence-electron chi connectivity index (χ1n) is 8.19. The van der Waals surface area contributed by atoms with Gasteiger partial charge in [-0.2, -0.15) is 0 Å². The largest absolute Gasteiger partial charge is 0.497 e. The van der Waals surface area contributed by atoms with Crippen molar-refractivity contribution in [1.82, 2.24) is 10.3 Å². The summed E-state index contributed by atoms with van der Waals surface area (Å²) < 4.78 is 23.5. The second kappa shape index (κ2) is 8.66. The van der Waals surface area contributed by atoms with Gasteiger partial charge in [0.2, 0.25) is 5.88 Å². The molecular formula is C20H18FN3O3. The number of hydrogen-bond donors (Lipinski definition) is 2. The zero-order chi connectivity index (χ0) is 19.1. The fourth-order valence-corrected chi connectivity index (χ4v) is 2.28. The number of carbonyl (C=O) groups is 1. The number of benzene rings is 2. The number of halogens is 1. The number of rotatable bonds is 6. The van der Waals surface area contributed by atoms with Gasteiger partial charge >= 0.3 is 6.03 Å². The molecule has 1 aromatic heterocycles. The second-order valence-electron chi connectivity index (χ2n) is 5.60. The lowest BCUT2D eigenvalue weighted by molar-refractivity contribution is 0.251. The summed E-state index contributed by atoms with van der Waals surface area (Å²) in [4.78, 5) is 16.1. The molecule has 0 radical (unpaired) electrons. The van der Waals surface area contributed by atoms with E-state index in [1.807, 2.05) is 24.3 Å². The van der Waals surface area contributed by atoms with Crippen LogP contribution in [0.4, 0.5) is 14.9 Å². The van der Waals surface area contributed by atoms with Crippen LogP contribution in [0.15, 0.2) is 66.9 Å². The van der Waals surface area contributed by atoms with Gasteiger partial charge in [0, 0.05) is 12.6 Å². The van der Waals surface area contributed by atoms with Crippen LogP contribution in [0.3, 0.4) is 0 Å². The highest BCUT2D eigenvalue weighted by molar-refractivity contribution is 5.88. The average molecular weight is 367 g/mol. The normalized spacial score (nSPS) is 10.1. The van der Waals surface area contributed by atoms with Crippen molar-refractivity contribution in [2.45, 2.75) is 6.54 Å². The first kappa shape index (κ1) is 18.2. The maximum Gasteiger partial charge on any atom is 0.319 e. The first-order chi connectivity index (χ1) is 13.1. The molecule has 0 spiro atoms. The quantitative estimate of drug-likeness (QED) is 0.680. The van der Waals surface area contributed by atoms with Crippen molar-refractivity contribution in [3.63, 3.8) is 0 Å². The van der Waals surface area contributed by atoms with Crippen LogP contribution in [0.25, 0.3) is 0 Å². The van der Waals surface area contributed by atoms with Crippen LogP contribution in [-0.4, -0.2) is 18.1 Å². The van der Waals surface area contributed by atoms with Crippen molar-refractivity contribution >= 4 is 11.7 Å². The highest BCUT2D eigenvalue weighted by atomic mass is 19.1. The number of nitrogens with zero attached hydrogens (tertiary/aromatic N) is 1. The van der Waals surface area contributed by atoms with E-state index in [1.54, 1.807) is 19.2 Å². The van der Waals surface area contributed by atoms with Crippen molar-refractivity contribution in [3.8, 4) is 17.4 Å². The van der Waals surface area contributed by atoms with E-state index in [-0.39, 0.29) is 11.8 Å². The second-order valence-corrected chi connectivity index (χ2v) is 5.60. The van der Waals surface area contributed by atoms with E-state index < -0.39 is 0 Å². The van der Waals surface area contributed by atoms with E-state index >= 15 is 0 Å². The summed E-state index contributed by atoms with van der Waals surface area (Å²) in [7, 11) is 1.59. The van der Waals surface area contributed by atoms with E-state index in [0.717, 1.165) is 11.3 Å². The zero-order valence-electron chi connectivity index (χ0n) is 14.6. The summed E-state index contributed by atoms with van der Waals surface area (Å²) in [5.74, 6) is 1.20. The van der Waals surface area contributed by atoms with E-state index in [2.05, 4.69) is 15.6 Å². The monoisotopic (exact) mass is 367 g/mol. The van der Waals surface area contributed by atoms with Crippen LogP contribution >= 0.6 is 0 Å². The SMILES string of the molecule is COc1cccc(CNC(=O)Nc2ccc(Oc3ccc(F)cc3)nc2)c1. The number of hydrogen-bond acceptors (Lipinski definition) is 4. The Morgan fingerprint density at radius 2 is 1.89 bits per heavy atom. The Labute approximate surface area is 156 Å². The molecule has 3 rings (SSSR count). The standard InChI is InChI=1S/C20H18FN3O3/c1-26-18-4-2-3-14(11-18)12-23-20(25)24-16-7-10-19(22-13-16)27-17-8-5-15(21)6-9-17/h2-11,13H,12H2,1H3,(H2,23,24,25). The molecule has 0 bridgehead atoms. The Kier molecular flexibility index (Phi) is 5.84. The fourth-order valence-electron chi connectivity index (χ4n) is 2.28. The number of amides is 2. The lowest BCUT2D eigenvalue weighted by Gasteiger charge is -2.09. The molecule has 2 aromatic carbocycles. The Morgan fingerprint density at radius 1 is 1.07 bits per heavy atom. The molecule has 0 unspecified atom stereocenters. The maximum absolute atomic E-state index is 12.9. The third-order valence-electron chi connectivity index (χ3n) is 3.62. The molecule has 0 saturated carbocycles. The molecular weight excluding hydrogens is 349 g/mol. The molecule has 0 aliphatic heterocycles. The van der Waals surface area contributed by atoms with E-state index in [4.69, 9.17) is 9.47 Å². The van der Waals surface area contributed by atoms with Gasteiger partial charge in [0.15, 0.2) is 0 Å². The fraction of sp³-hybridized carbons (Fsp3) is 0.100. The molecule has 6 nitrogen and oxygen atoms in total. The van der Waals surface area contributed by atoms with Crippen molar-refractivity contribution in [2.75, 3.05) is 12.4 Å². The van der Waals surface area contributed by atoms with Crippen molar-refractivity contribution in [3.05, 3.63) is 78.2 Å². The molecule has 3 aromatic rings. The van der Waals surface area contributed by atoms with Crippen LogP contribution in [-0.2, 0) is 6.54 Å². The summed E-state index contributed by atoms with van der Waals surface area (Å²) >= 11 is 0. The molecule has 7 heteroatoms. The van der Waals surface area contributed by atoms with Crippen molar-refractivity contribution in [2.24, 2.45) is 0 Å². The summed E-state index contributed by atoms with van der Waals surface area (Å²) in [6.45, 7) is 0.363. The summed E-state index contributed by atoms with van der Waals surface area (Å²) in [5, 5.41) is 5.45. The van der Waals surface area contributed by atoms with Gasteiger partial charge in [-0.15, -0.1) is 0 Å². The number of pyridine rings is 1. The molecule has 138 valence electrons. The lowest BCUT2D eigenvalue weighted by atomic mass is 10.2. The van der Waals surface area contributed by atoms with Crippen LogP contribution in [0, 0.1) is 5.82 Å². The summed E-state index contributed by atoms with van der Waals surface area (Å²) in [6, 6.07) is 16.0. The number of urea groups is 1. The Balaban J connectivity index is 1.51. The molecule has 2 N–H and O–H groups in total. The molecule has 0 fully saturated rings. The van der Waals surface area contributed by atoms with Gasteiger partial charge in [0.1, 0.15) is 17.3 Å². The van der Waals surface area contributed by atoms with Crippen LogP contribution in [0.5, 0.6) is 17.4 Å². The van der Waals surface area contributed by atoms with Gasteiger partial charge in [-0.1, -0.05) is 12.1 Å². The van der Waals surface area contributed by atoms with E-state index in [0.29, 0.717) is 23.9 Å². The Hall–Kier alpha value is -3.61. The average Bonchev–Trinajstić information content (AvgIpc) is 2.70. The maximum atomic E-state index is 12.9.